The van der Waals surface area contributed by atoms with E-state index >= 15 is 0 Å². The number of hydrogen-bond acceptors (Lipinski definition) is 2. The molecule has 0 unspecified atom stereocenters. The number of fused-ring (bicyclic) bond motifs is 11. The summed E-state index contributed by atoms with van der Waals surface area (Å²) in [5.41, 5.74) is 19.9. The van der Waals surface area contributed by atoms with Gasteiger partial charge in [-0.15, -0.1) is 0 Å². The summed E-state index contributed by atoms with van der Waals surface area (Å²) in [6, 6.07) is 82.6. The third kappa shape index (κ3) is 5.08. The minimum Gasteiger partial charge on any atom is -0.455 e. The van der Waals surface area contributed by atoms with Crippen LogP contribution in [0, 0.1) is 0 Å². The zero-order chi connectivity index (χ0) is 42.6. The Labute approximate surface area is 373 Å². The fourth-order valence-electron chi connectivity index (χ4n) is 11.5. The van der Waals surface area contributed by atoms with Gasteiger partial charge >= 0.3 is 0 Å². The molecular formula is C62H43NO. The Hall–Kier alpha value is -7.94. The largest absolute Gasteiger partial charge is 0.455 e. The van der Waals surface area contributed by atoms with Crippen molar-refractivity contribution in [3.8, 4) is 33.4 Å². The average Bonchev–Trinajstić information content (AvgIpc) is 3.96. The monoisotopic (exact) mass is 817 g/mol. The number of nitrogens with zero attached hydrogens (tertiary/aromatic N) is 1. The van der Waals surface area contributed by atoms with E-state index in [-0.39, 0.29) is 5.41 Å². The van der Waals surface area contributed by atoms with Gasteiger partial charge < -0.3 is 9.32 Å². The van der Waals surface area contributed by atoms with Gasteiger partial charge in [0.25, 0.3) is 0 Å². The maximum Gasteiger partial charge on any atom is 0.143 e. The van der Waals surface area contributed by atoms with E-state index in [0.29, 0.717) is 0 Å². The van der Waals surface area contributed by atoms with Gasteiger partial charge in [0.2, 0.25) is 0 Å². The Balaban J connectivity index is 1.05. The van der Waals surface area contributed by atoms with E-state index in [2.05, 4.69) is 243 Å². The minimum absolute atomic E-state index is 0.135. The lowest BCUT2D eigenvalue weighted by atomic mass is 9.67. The van der Waals surface area contributed by atoms with Crippen LogP contribution in [-0.2, 0) is 10.8 Å². The number of rotatable bonds is 6. The maximum absolute atomic E-state index is 6.98. The summed E-state index contributed by atoms with van der Waals surface area (Å²) in [6.45, 7) is 4.71. The summed E-state index contributed by atoms with van der Waals surface area (Å²) >= 11 is 0. The molecule has 0 fully saturated rings. The number of hydrogen-bond donors (Lipinski definition) is 0. The van der Waals surface area contributed by atoms with E-state index in [1.807, 2.05) is 0 Å². The lowest BCUT2D eigenvalue weighted by molar-refractivity contribution is 0.660. The second-order valence-corrected chi connectivity index (χ2v) is 18.0. The molecule has 0 aliphatic heterocycles. The molecule has 11 aromatic rings. The van der Waals surface area contributed by atoms with Crippen LogP contribution in [-0.4, -0.2) is 0 Å². The van der Waals surface area contributed by atoms with Crippen LogP contribution in [0.4, 0.5) is 17.1 Å². The molecule has 2 aliphatic rings. The highest BCUT2D eigenvalue weighted by atomic mass is 16.3. The highest BCUT2D eigenvalue weighted by Gasteiger charge is 2.46. The van der Waals surface area contributed by atoms with E-state index in [4.69, 9.17) is 4.42 Å². The molecular weight excluding hydrogens is 775 g/mol. The van der Waals surface area contributed by atoms with Crippen molar-refractivity contribution in [2.24, 2.45) is 0 Å². The first-order chi connectivity index (χ1) is 31.5. The molecule has 10 aromatic carbocycles. The summed E-state index contributed by atoms with van der Waals surface area (Å²) in [6.07, 6.45) is 0. The first kappa shape index (κ1) is 36.7. The van der Waals surface area contributed by atoms with E-state index in [9.17, 15) is 0 Å². The van der Waals surface area contributed by atoms with E-state index in [1.165, 1.54) is 55.6 Å². The van der Waals surface area contributed by atoms with Crippen molar-refractivity contribution < 1.29 is 4.42 Å². The van der Waals surface area contributed by atoms with Gasteiger partial charge in [0.05, 0.1) is 11.1 Å². The molecule has 2 aliphatic carbocycles. The molecule has 2 heteroatoms. The van der Waals surface area contributed by atoms with Crippen LogP contribution in [0.25, 0.3) is 66.1 Å². The molecule has 1 aromatic heterocycles. The zero-order valence-corrected chi connectivity index (χ0v) is 35.7. The topological polar surface area (TPSA) is 16.4 Å². The van der Waals surface area contributed by atoms with Gasteiger partial charge in [-0.1, -0.05) is 196 Å². The number of anilines is 3. The molecule has 13 rings (SSSR count). The molecule has 0 bridgehead atoms. The van der Waals surface area contributed by atoms with Crippen LogP contribution >= 0.6 is 0 Å². The fraction of sp³-hybridized carbons (Fsp3) is 0.0645. The highest BCUT2D eigenvalue weighted by Crippen LogP contribution is 2.57. The fourth-order valence-corrected chi connectivity index (χ4v) is 11.5. The predicted octanol–water partition coefficient (Wildman–Crippen LogP) is 16.5. The van der Waals surface area contributed by atoms with Gasteiger partial charge in [0.1, 0.15) is 11.2 Å². The van der Waals surface area contributed by atoms with Gasteiger partial charge in [-0.25, -0.2) is 0 Å². The Bertz CT molecular complexity index is 3600. The summed E-state index contributed by atoms with van der Waals surface area (Å²) in [5.74, 6) is 0. The van der Waals surface area contributed by atoms with E-state index in [0.717, 1.165) is 60.9 Å². The van der Waals surface area contributed by atoms with Gasteiger partial charge in [0, 0.05) is 38.3 Å². The SMILES string of the molecule is CC1(C)c2ccccc2-c2ccc(N(c3ccccc3)c3cc4c(oc5cccc(-c6ccc7c(c6)-c6ccccc6C7(c6ccccc6)c6ccccc6)c54)c4ccccc34)cc21. The van der Waals surface area contributed by atoms with Crippen LogP contribution < -0.4 is 4.90 Å². The third-order valence-corrected chi connectivity index (χ3v) is 14.3. The number of furan rings is 1. The van der Waals surface area contributed by atoms with Crippen molar-refractivity contribution in [3.05, 3.63) is 258 Å². The van der Waals surface area contributed by atoms with Crippen LogP contribution in [0.5, 0.6) is 0 Å². The summed E-state index contributed by atoms with van der Waals surface area (Å²) in [7, 11) is 0. The van der Waals surface area contributed by atoms with Crippen LogP contribution in [0.15, 0.2) is 229 Å². The molecule has 0 radical (unpaired) electrons. The molecule has 2 nitrogen and oxygen atoms in total. The van der Waals surface area contributed by atoms with Crippen molar-refractivity contribution >= 4 is 49.8 Å². The molecule has 64 heavy (non-hydrogen) atoms. The third-order valence-electron chi connectivity index (χ3n) is 14.3. The molecule has 0 atom stereocenters. The summed E-state index contributed by atoms with van der Waals surface area (Å²) in [4.78, 5) is 2.45. The lowest BCUT2D eigenvalue weighted by Gasteiger charge is -2.33. The van der Waals surface area contributed by atoms with Crippen molar-refractivity contribution in [3.63, 3.8) is 0 Å². The van der Waals surface area contributed by atoms with E-state index < -0.39 is 5.41 Å². The molecule has 0 N–H and O–H groups in total. The van der Waals surface area contributed by atoms with Crippen molar-refractivity contribution in [2.45, 2.75) is 24.7 Å². The molecule has 0 spiro atoms. The molecule has 0 saturated carbocycles. The quantitative estimate of drug-likeness (QED) is 0.166. The molecule has 0 amide bonds. The van der Waals surface area contributed by atoms with Crippen molar-refractivity contribution in [2.75, 3.05) is 4.90 Å². The maximum atomic E-state index is 6.98. The Kier molecular flexibility index (Phi) is 7.90. The second-order valence-electron chi connectivity index (χ2n) is 18.0. The summed E-state index contributed by atoms with van der Waals surface area (Å²) < 4.78 is 6.98. The summed E-state index contributed by atoms with van der Waals surface area (Å²) in [5, 5.41) is 4.43. The van der Waals surface area contributed by atoms with Gasteiger partial charge in [-0.05, 0) is 109 Å². The number of para-hydroxylation sites is 1. The van der Waals surface area contributed by atoms with Crippen LogP contribution in [0.3, 0.4) is 0 Å². The Morgan fingerprint density at radius 3 is 1.69 bits per heavy atom. The molecule has 0 saturated heterocycles. The molecule has 302 valence electrons. The highest BCUT2D eigenvalue weighted by molar-refractivity contribution is 6.22. The Morgan fingerprint density at radius 1 is 0.375 bits per heavy atom. The normalized spacial score (nSPS) is 14.0. The van der Waals surface area contributed by atoms with Gasteiger partial charge in [0.15, 0.2) is 0 Å². The smallest absolute Gasteiger partial charge is 0.143 e. The first-order valence-corrected chi connectivity index (χ1v) is 22.3. The Morgan fingerprint density at radius 2 is 0.953 bits per heavy atom. The minimum atomic E-state index is -0.453. The standard InChI is InChI=1S/C62H43NO/c1-61(2)53-30-16-14-25-46(53)48-35-34-44(38-56(48)61)63(43-23-10-5-11-24-43)57-39-52-59-45(29-18-32-58(59)64-60(52)50-28-13-12-27-49(50)57)40-33-36-55-51(37-40)47-26-15-17-31-54(47)62(55,41-19-6-3-7-20-41)42-21-8-4-9-22-42/h3-39H,1-2H3. The number of benzene rings is 10. The van der Waals surface area contributed by atoms with Crippen molar-refractivity contribution in [1.82, 2.24) is 0 Å². The van der Waals surface area contributed by atoms with Crippen LogP contribution in [0.2, 0.25) is 0 Å². The van der Waals surface area contributed by atoms with Crippen molar-refractivity contribution in [1.29, 1.82) is 0 Å². The first-order valence-electron chi connectivity index (χ1n) is 22.3. The average molecular weight is 818 g/mol. The second kappa shape index (κ2) is 13.8. The molecule has 1 heterocycles. The van der Waals surface area contributed by atoms with Gasteiger partial charge in [-0.3, -0.25) is 0 Å². The predicted molar refractivity (Wildman–Crippen MR) is 266 cm³/mol. The van der Waals surface area contributed by atoms with Gasteiger partial charge in [-0.2, -0.15) is 0 Å². The van der Waals surface area contributed by atoms with Crippen LogP contribution in [0.1, 0.15) is 47.2 Å². The lowest BCUT2D eigenvalue weighted by Crippen LogP contribution is -2.28. The van der Waals surface area contributed by atoms with E-state index in [1.54, 1.807) is 0 Å². The zero-order valence-electron chi connectivity index (χ0n) is 35.7.